The molecule has 0 aromatic carbocycles. The van der Waals surface area contributed by atoms with Crippen LogP contribution in [0, 0.1) is 6.92 Å². The van der Waals surface area contributed by atoms with Crippen LogP contribution in [0.1, 0.15) is 56.5 Å². The Bertz CT molecular complexity index is 1250. The lowest BCUT2D eigenvalue weighted by atomic mass is 9.88. The first-order valence-corrected chi connectivity index (χ1v) is 11.1. The van der Waals surface area contributed by atoms with Crippen molar-refractivity contribution in [2.45, 2.75) is 77.2 Å². The summed E-state index contributed by atoms with van der Waals surface area (Å²) < 4.78 is 71.9. The molecule has 1 aliphatic carbocycles. The van der Waals surface area contributed by atoms with Gasteiger partial charge in [-0.25, -0.2) is 23.8 Å². The largest absolute Gasteiger partial charge is 0.443 e. The highest BCUT2D eigenvalue weighted by molar-refractivity contribution is 7.20. The number of ether oxygens (including phenoxy) is 1. The Kier molecular flexibility index (Phi) is 6.68. The molecule has 1 N–H and O–H groups in total. The van der Waals surface area contributed by atoms with Gasteiger partial charge in [0.05, 0.1) is 28.9 Å². The van der Waals surface area contributed by atoms with Crippen LogP contribution in [-0.2, 0) is 11.3 Å². The normalized spacial score (nSPS) is 16.7. The first-order chi connectivity index (χ1) is 15.5. The summed E-state index contributed by atoms with van der Waals surface area (Å²) in [5.41, 5.74) is -0.268. The van der Waals surface area contributed by atoms with E-state index in [1.807, 2.05) is 0 Å². The Balaban J connectivity index is 2.06. The lowest BCUT2D eigenvalue weighted by molar-refractivity contribution is -0.136. The van der Waals surface area contributed by atoms with Crippen LogP contribution in [0.15, 0.2) is 14.7 Å². The summed E-state index contributed by atoms with van der Waals surface area (Å²) in [5, 5.41) is 3.68. The molecule has 1 saturated carbocycles. The molecule has 0 unspecified atom stereocenters. The summed E-state index contributed by atoms with van der Waals surface area (Å²) in [6, 6.07) is -1.11. The molecule has 1 aliphatic rings. The van der Waals surface area contributed by atoms with Crippen LogP contribution >= 0.6 is 11.3 Å². The molecule has 3 rings (SSSR count). The third-order valence-corrected chi connectivity index (χ3v) is 6.32. The number of hydrazone groups is 1. The maximum atomic E-state index is 13.4. The van der Waals surface area contributed by atoms with Crippen molar-refractivity contribution < 1.29 is 31.5 Å². The fourth-order valence-electron chi connectivity index (χ4n) is 3.52. The van der Waals surface area contributed by atoms with Crippen molar-refractivity contribution in [3.63, 3.8) is 0 Å². The fourth-order valence-corrected chi connectivity index (χ4v) is 4.71. The van der Waals surface area contributed by atoms with E-state index in [1.165, 1.54) is 13.1 Å². The van der Waals surface area contributed by atoms with Gasteiger partial charge in [0, 0.05) is 19.4 Å². The van der Waals surface area contributed by atoms with Gasteiger partial charge in [0.1, 0.15) is 10.4 Å². The first-order valence-electron chi connectivity index (χ1n) is 10.2. The average molecular weight is 510 g/mol. The predicted octanol–water partition coefficient (Wildman–Crippen LogP) is 4.31. The van der Waals surface area contributed by atoms with Gasteiger partial charge in [-0.1, -0.05) is 0 Å². The van der Waals surface area contributed by atoms with Gasteiger partial charge in [0.15, 0.2) is 0 Å². The molecule has 0 radical (unpaired) electrons. The van der Waals surface area contributed by atoms with E-state index in [4.69, 9.17) is 4.74 Å². The van der Waals surface area contributed by atoms with E-state index < -0.39 is 66.9 Å². The van der Waals surface area contributed by atoms with Gasteiger partial charge in [-0.15, -0.1) is 11.3 Å². The number of alkyl halides is 5. The molecule has 0 aliphatic heterocycles. The maximum Gasteiger partial charge on any atom is 0.428 e. The second kappa shape index (κ2) is 8.78. The Morgan fingerprint density at radius 3 is 2.41 bits per heavy atom. The molecule has 14 heteroatoms. The number of thiophene rings is 1. The van der Waals surface area contributed by atoms with Crippen molar-refractivity contribution >= 4 is 33.9 Å². The number of halogens is 5. The van der Waals surface area contributed by atoms with Crippen LogP contribution in [0.25, 0.3) is 10.2 Å². The van der Waals surface area contributed by atoms with Gasteiger partial charge in [0.2, 0.25) is 0 Å². The van der Waals surface area contributed by atoms with Crippen molar-refractivity contribution in [2.24, 2.45) is 5.10 Å². The summed E-state index contributed by atoms with van der Waals surface area (Å²) in [6.07, 6.45) is -7.10. The van der Waals surface area contributed by atoms with Gasteiger partial charge in [-0.05, 0) is 33.3 Å². The quantitative estimate of drug-likeness (QED) is 0.368. The van der Waals surface area contributed by atoms with Gasteiger partial charge in [0.25, 0.3) is 11.5 Å². The lowest BCUT2D eigenvalue weighted by Gasteiger charge is -2.35. The molecule has 2 aromatic heterocycles. The topological polar surface area (TPSA) is 94.7 Å². The molecule has 8 nitrogen and oxygen atoms in total. The van der Waals surface area contributed by atoms with Crippen LogP contribution in [0.5, 0.6) is 0 Å². The van der Waals surface area contributed by atoms with E-state index in [9.17, 15) is 36.3 Å². The number of amides is 1. The highest BCUT2D eigenvalue weighted by Crippen LogP contribution is 2.44. The maximum absolute atomic E-state index is 13.4. The van der Waals surface area contributed by atoms with Crippen LogP contribution in [0.2, 0.25) is 0 Å². The number of hydrogen-bond acceptors (Lipinski definition) is 6. The summed E-state index contributed by atoms with van der Waals surface area (Å²) >= 11 is 0.833. The van der Waals surface area contributed by atoms with Gasteiger partial charge in [-0.2, -0.15) is 18.3 Å². The van der Waals surface area contributed by atoms with E-state index in [2.05, 4.69) is 10.5 Å². The smallest absolute Gasteiger partial charge is 0.428 e. The zero-order valence-electron chi connectivity index (χ0n) is 18.8. The molecule has 0 bridgehead atoms. The van der Waals surface area contributed by atoms with Crippen LogP contribution in [-0.4, -0.2) is 39.1 Å². The molecule has 0 saturated heterocycles. The van der Waals surface area contributed by atoms with E-state index >= 15 is 0 Å². The monoisotopic (exact) mass is 510 g/mol. The minimum Gasteiger partial charge on any atom is -0.443 e. The highest BCUT2D eigenvalue weighted by atomic mass is 32.1. The van der Waals surface area contributed by atoms with Gasteiger partial charge >= 0.3 is 18.0 Å². The fraction of sp³-hybridized carbons (Fsp3) is 0.600. The van der Waals surface area contributed by atoms with E-state index in [0.29, 0.717) is 15.0 Å². The second-order valence-corrected chi connectivity index (χ2v) is 10.1. The third-order valence-electron chi connectivity index (χ3n) is 5.07. The van der Waals surface area contributed by atoms with Crippen molar-refractivity contribution in [3.8, 4) is 0 Å². The lowest BCUT2D eigenvalue weighted by Crippen LogP contribution is -2.49. The number of carbonyl (C=O) groups excluding carboxylic acids is 1. The summed E-state index contributed by atoms with van der Waals surface area (Å²) in [6.45, 7) is 5.66. The number of fused-ring (bicyclic) bond motifs is 1. The van der Waals surface area contributed by atoms with Crippen molar-refractivity contribution in [1.82, 2.24) is 14.6 Å². The third kappa shape index (κ3) is 5.65. The number of hydrogen-bond donors (Lipinski definition) is 1. The van der Waals surface area contributed by atoms with Crippen LogP contribution < -0.4 is 16.7 Å². The minimum absolute atomic E-state index is 0.0298. The van der Waals surface area contributed by atoms with Crippen molar-refractivity contribution in [1.29, 1.82) is 0 Å². The number of rotatable bonds is 5. The van der Waals surface area contributed by atoms with Crippen molar-refractivity contribution in [3.05, 3.63) is 31.3 Å². The standard InChI is InChI=1S/C20H23F5N4O4S/c1-10-12(9-26-27-16(31)33-18(2,3)4)34-15-13(10)14(30)29(11-7-19(21,22)8-11)17(32)28(15)6-5-20(23,24)25/h9,11H,5-8H2,1-4H3,(H,27,31). The van der Waals surface area contributed by atoms with E-state index in [-0.39, 0.29) is 10.2 Å². The second-order valence-electron chi connectivity index (χ2n) is 9.04. The molecule has 1 amide bonds. The van der Waals surface area contributed by atoms with E-state index in [1.54, 1.807) is 20.8 Å². The summed E-state index contributed by atoms with van der Waals surface area (Å²) in [7, 11) is 0. The Labute approximate surface area is 194 Å². The zero-order chi connectivity index (χ0) is 25.6. The molecule has 2 aromatic rings. The van der Waals surface area contributed by atoms with Crippen molar-refractivity contribution in [2.75, 3.05) is 0 Å². The number of nitrogens with one attached hydrogen (secondary N) is 1. The zero-order valence-corrected chi connectivity index (χ0v) is 19.6. The molecule has 1 fully saturated rings. The molecule has 188 valence electrons. The Morgan fingerprint density at radius 2 is 1.88 bits per heavy atom. The Morgan fingerprint density at radius 1 is 1.26 bits per heavy atom. The highest BCUT2D eigenvalue weighted by Gasteiger charge is 2.47. The van der Waals surface area contributed by atoms with Crippen LogP contribution in [0.3, 0.4) is 0 Å². The molecular formula is C20H23F5N4O4S. The molecule has 34 heavy (non-hydrogen) atoms. The minimum atomic E-state index is -4.58. The summed E-state index contributed by atoms with van der Waals surface area (Å²) in [5.74, 6) is -3.04. The molecule has 0 spiro atoms. The van der Waals surface area contributed by atoms with Gasteiger partial charge in [-0.3, -0.25) is 13.9 Å². The number of aryl methyl sites for hydroxylation is 2. The number of nitrogens with zero attached hydrogens (tertiary/aromatic N) is 3. The molecule has 2 heterocycles. The SMILES string of the molecule is Cc1c(C=NNC(=O)OC(C)(C)C)sc2c1c(=O)n(C1CC(F)(F)C1)c(=O)n2CCC(F)(F)F. The van der Waals surface area contributed by atoms with E-state index in [0.717, 1.165) is 15.9 Å². The van der Waals surface area contributed by atoms with Crippen LogP contribution in [0.4, 0.5) is 26.7 Å². The Hall–Kier alpha value is -2.77. The number of carbonyl (C=O) groups is 1. The predicted molar refractivity (Wildman–Crippen MR) is 116 cm³/mol. The first kappa shape index (κ1) is 25.8. The summed E-state index contributed by atoms with van der Waals surface area (Å²) in [4.78, 5) is 38.0. The molecule has 0 atom stereocenters. The number of aromatic nitrogens is 2. The average Bonchev–Trinajstić information content (AvgIpc) is 2.94. The van der Waals surface area contributed by atoms with Gasteiger partial charge < -0.3 is 4.74 Å². The molecular weight excluding hydrogens is 487 g/mol.